The Morgan fingerprint density at radius 2 is 2.07 bits per heavy atom. The number of rotatable bonds is 2. The number of allylic oxidation sites excluding steroid dienone is 1. The summed E-state index contributed by atoms with van der Waals surface area (Å²) in [7, 11) is 0. The zero-order valence-electron chi connectivity index (χ0n) is 8.84. The molecule has 76 valence electrons. The van der Waals surface area contributed by atoms with Gasteiger partial charge in [-0.05, 0) is 38.0 Å². The molecule has 0 saturated heterocycles. The Hall–Kier alpha value is -0.600. The van der Waals surface area contributed by atoms with Crippen LogP contribution in [-0.2, 0) is 0 Å². The highest BCUT2D eigenvalue weighted by molar-refractivity contribution is 9.10. The molecule has 0 spiro atoms. The summed E-state index contributed by atoms with van der Waals surface area (Å²) in [5.41, 5.74) is 9.64. The maximum absolute atomic E-state index is 6.02. The Bertz CT molecular complexity index is 351. The first-order valence-corrected chi connectivity index (χ1v) is 5.46. The van der Waals surface area contributed by atoms with Gasteiger partial charge < -0.3 is 5.73 Å². The zero-order chi connectivity index (χ0) is 10.7. The van der Waals surface area contributed by atoms with Crippen LogP contribution in [0.4, 0.5) is 0 Å². The first-order chi connectivity index (χ1) is 6.50. The molecule has 1 aromatic carbocycles. The number of hydrogen-bond donors (Lipinski definition) is 1. The minimum atomic E-state index is -0.00287. The molecule has 2 N–H and O–H groups in total. The number of hydrogen-bond acceptors (Lipinski definition) is 1. The Labute approximate surface area is 94.1 Å². The van der Waals surface area contributed by atoms with Crippen LogP contribution in [-0.4, -0.2) is 0 Å². The van der Waals surface area contributed by atoms with Crippen molar-refractivity contribution in [3.63, 3.8) is 0 Å². The summed E-state index contributed by atoms with van der Waals surface area (Å²) >= 11 is 3.50. The van der Waals surface area contributed by atoms with Gasteiger partial charge in [0.1, 0.15) is 0 Å². The SMILES string of the molecule is CC(C)=CC(N)c1ccc(C)c(Br)c1. The Balaban J connectivity index is 2.97. The second-order valence-electron chi connectivity index (χ2n) is 3.78. The van der Waals surface area contributed by atoms with Crippen LogP contribution in [0.1, 0.15) is 31.0 Å². The lowest BCUT2D eigenvalue weighted by atomic mass is 10.0. The molecule has 1 rings (SSSR count). The van der Waals surface area contributed by atoms with Crippen LogP contribution in [0.25, 0.3) is 0 Å². The molecule has 0 aliphatic heterocycles. The Morgan fingerprint density at radius 3 is 2.57 bits per heavy atom. The second-order valence-corrected chi connectivity index (χ2v) is 4.63. The van der Waals surface area contributed by atoms with E-state index in [1.165, 1.54) is 11.1 Å². The molecule has 2 heteroatoms. The summed E-state index contributed by atoms with van der Waals surface area (Å²) in [4.78, 5) is 0. The topological polar surface area (TPSA) is 26.0 Å². The van der Waals surface area contributed by atoms with Crippen molar-refractivity contribution in [2.24, 2.45) is 5.73 Å². The first kappa shape index (κ1) is 11.5. The normalized spacial score (nSPS) is 12.4. The van der Waals surface area contributed by atoms with E-state index in [-0.39, 0.29) is 6.04 Å². The van der Waals surface area contributed by atoms with Gasteiger partial charge in [-0.3, -0.25) is 0 Å². The van der Waals surface area contributed by atoms with E-state index in [1.54, 1.807) is 0 Å². The van der Waals surface area contributed by atoms with Crippen molar-refractivity contribution >= 4 is 15.9 Å². The molecule has 0 radical (unpaired) electrons. The molecule has 0 amide bonds. The van der Waals surface area contributed by atoms with Crippen molar-refractivity contribution in [1.29, 1.82) is 0 Å². The predicted octanol–water partition coefficient (Wildman–Crippen LogP) is 3.72. The van der Waals surface area contributed by atoms with Crippen LogP contribution in [0.3, 0.4) is 0 Å². The molecule has 0 saturated carbocycles. The van der Waals surface area contributed by atoms with Gasteiger partial charge in [-0.15, -0.1) is 0 Å². The lowest BCUT2D eigenvalue weighted by Crippen LogP contribution is -2.07. The van der Waals surface area contributed by atoms with Gasteiger partial charge in [0.15, 0.2) is 0 Å². The van der Waals surface area contributed by atoms with Crippen LogP contribution in [0.15, 0.2) is 34.3 Å². The monoisotopic (exact) mass is 253 g/mol. The smallest absolute Gasteiger partial charge is 0.0483 e. The highest BCUT2D eigenvalue weighted by Gasteiger charge is 2.03. The first-order valence-electron chi connectivity index (χ1n) is 4.67. The molecule has 0 heterocycles. The quantitative estimate of drug-likeness (QED) is 0.799. The van der Waals surface area contributed by atoms with Gasteiger partial charge in [0.2, 0.25) is 0 Å². The van der Waals surface area contributed by atoms with E-state index in [0.717, 1.165) is 10.0 Å². The zero-order valence-corrected chi connectivity index (χ0v) is 10.4. The molecule has 0 bridgehead atoms. The summed E-state index contributed by atoms with van der Waals surface area (Å²) in [6.07, 6.45) is 2.07. The van der Waals surface area contributed by atoms with Crippen LogP contribution in [0.5, 0.6) is 0 Å². The molecular weight excluding hydrogens is 238 g/mol. The van der Waals surface area contributed by atoms with Gasteiger partial charge in [-0.25, -0.2) is 0 Å². The molecule has 1 aromatic rings. The number of aryl methyl sites for hydroxylation is 1. The maximum atomic E-state index is 6.02. The van der Waals surface area contributed by atoms with E-state index in [0.29, 0.717) is 0 Å². The third-order valence-corrected chi connectivity index (χ3v) is 2.95. The molecule has 0 fully saturated rings. The third kappa shape index (κ3) is 2.96. The van der Waals surface area contributed by atoms with E-state index in [2.05, 4.69) is 61.0 Å². The summed E-state index contributed by atoms with van der Waals surface area (Å²) in [5.74, 6) is 0. The molecule has 0 aromatic heterocycles. The van der Waals surface area contributed by atoms with E-state index in [4.69, 9.17) is 5.73 Å². The minimum absolute atomic E-state index is 0.00287. The van der Waals surface area contributed by atoms with E-state index >= 15 is 0 Å². The van der Waals surface area contributed by atoms with Crippen molar-refractivity contribution in [2.75, 3.05) is 0 Å². The van der Waals surface area contributed by atoms with Gasteiger partial charge in [0, 0.05) is 10.5 Å². The summed E-state index contributed by atoms with van der Waals surface area (Å²) in [6, 6.07) is 6.23. The number of nitrogens with two attached hydrogens (primary N) is 1. The molecule has 1 unspecified atom stereocenters. The second kappa shape index (κ2) is 4.76. The maximum Gasteiger partial charge on any atom is 0.0483 e. The largest absolute Gasteiger partial charge is 0.321 e. The van der Waals surface area contributed by atoms with Crippen molar-refractivity contribution < 1.29 is 0 Å². The fourth-order valence-electron chi connectivity index (χ4n) is 1.27. The van der Waals surface area contributed by atoms with E-state index in [9.17, 15) is 0 Å². The fourth-order valence-corrected chi connectivity index (χ4v) is 1.67. The molecule has 0 aliphatic carbocycles. The van der Waals surface area contributed by atoms with Gasteiger partial charge in [0.05, 0.1) is 0 Å². The summed E-state index contributed by atoms with van der Waals surface area (Å²) < 4.78 is 1.12. The van der Waals surface area contributed by atoms with Crippen molar-refractivity contribution in [3.8, 4) is 0 Å². The predicted molar refractivity (Wildman–Crippen MR) is 65.2 cm³/mol. The van der Waals surface area contributed by atoms with Gasteiger partial charge in [0.25, 0.3) is 0 Å². The van der Waals surface area contributed by atoms with Gasteiger partial charge in [-0.2, -0.15) is 0 Å². The van der Waals surface area contributed by atoms with Crippen LogP contribution >= 0.6 is 15.9 Å². The summed E-state index contributed by atoms with van der Waals surface area (Å²) in [6.45, 7) is 6.19. The van der Waals surface area contributed by atoms with Crippen LogP contribution in [0.2, 0.25) is 0 Å². The summed E-state index contributed by atoms with van der Waals surface area (Å²) in [5, 5.41) is 0. The number of halogens is 1. The highest BCUT2D eigenvalue weighted by Crippen LogP contribution is 2.21. The molecular formula is C12H16BrN. The van der Waals surface area contributed by atoms with Crippen molar-refractivity contribution in [2.45, 2.75) is 26.8 Å². The average Bonchev–Trinajstić information content (AvgIpc) is 2.08. The van der Waals surface area contributed by atoms with Gasteiger partial charge >= 0.3 is 0 Å². The van der Waals surface area contributed by atoms with Crippen molar-refractivity contribution in [3.05, 3.63) is 45.4 Å². The van der Waals surface area contributed by atoms with Crippen molar-refractivity contribution in [1.82, 2.24) is 0 Å². The fraction of sp³-hybridized carbons (Fsp3) is 0.333. The standard InChI is InChI=1S/C12H16BrN/c1-8(2)6-12(14)10-5-4-9(3)11(13)7-10/h4-7,12H,14H2,1-3H3. The minimum Gasteiger partial charge on any atom is -0.321 e. The molecule has 14 heavy (non-hydrogen) atoms. The third-order valence-electron chi connectivity index (χ3n) is 2.09. The highest BCUT2D eigenvalue weighted by atomic mass is 79.9. The van der Waals surface area contributed by atoms with E-state index in [1.807, 2.05) is 0 Å². The average molecular weight is 254 g/mol. The number of benzene rings is 1. The van der Waals surface area contributed by atoms with Crippen LogP contribution in [0, 0.1) is 6.92 Å². The molecule has 1 atom stereocenters. The van der Waals surface area contributed by atoms with Crippen LogP contribution < -0.4 is 5.73 Å². The Kier molecular flexibility index (Phi) is 3.90. The molecule has 1 nitrogen and oxygen atoms in total. The van der Waals surface area contributed by atoms with E-state index < -0.39 is 0 Å². The lowest BCUT2D eigenvalue weighted by molar-refractivity contribution is 0.897. The van der Waals surface area contributed by atoms with Gasteiger partial charge in [-0.1, -0.05) is 39.7 Å². The lowest BCUT2D eigenvalue weighted by Gasteiger charge is -2.09. The Morgan fingerprint density at radius 1 is 1.43 bits per heavy atom. The molecule has 0 aliphatic rings.